The lowest BCUT2D eigenvalue weighted by Crippen LogP contribution is -2.23. The van der Waals surface area contributed by atoms with Crippen molar-refractivity contribution in [2.24, 2.45) is 0 Å². The molecular weight excluding hydrogens is 316 g/mol. The van der Waals surface area contributed by atoms with Gasteiger partial charge in [0, 0.05) is 36.0 Å². The molecule has 1 aliphatic heterocycles. The van der Waals surface area contributed by atoms with Crippen LogP contribution >= 0.6 is 0 Å². The maximum absolute atomic E-state index is 12.2. The molecular formula is C20H20N2O3. The maximum Gasteiger partial charge on any atom is 0.248 e. The molecule has 0 radical (unpaired) electrons. The van der Waals surface area contributed by atoms with E-state index < -0.39 is 0 Å². The number of hydrogen-bond donors (Lipinski definition) is 1. The average Bonchev–Trinajstić information content (AvgIpc) is 3.06. The van der Waals surface area contributed by atoms with Gasteiger partial charge in [-0.05, 0) is 36.8 Å². The summed E-state index contributed by atoms with van der Waals surface area (Å²) in [6.07, 6.45) is 4.63. The van der Waals surface area contributed by atoms with Gasteiger partial charge in [-0.25, -0.2) is 0 Å². The highest BCUT2D eigenvalue weighted by Crippen LogP contribution is 2.24. The Labute approximate surface area is 146 Å². The minimum Gasteiger partial charge on any atom is -0.496 e. The summed E-state index contributed by atoms with van der Waals surface area (Å²) in [5, 5.41) is 2.82. The third-order valence-corrected chi connectivity index (χ3v) is 4.05. The molecule has 0 aliphatic carbocycles. The van der Waals surface area contributed by atoms with Crippen LogP contribution in [0.5, 0.6) is 5.75 Å². The number of nitrogens with one attached hydrogen (secondary N) is 1. The number of amides is 2. The van der Waals surface area contributed by atoms with Crippen LogP contribution in [0.25, 0.3) is 6.08 Å². The number of anilines is 2. The highest BCUT2D eigenvalue weighted by atomic mass is 16.5. The fraction of sp³-hybridized carbons (Fsp3) is 0.200. The summed E-state index contributed by atoms with van der Waals surface area (Å²) in [7, 11) is 1.60. The molecule has 2 aromatic carbocycles. The fourth-order valence-electron chi connectivity index (χ4n) is 2.83. The van der Waals surface area contributed by atoms with Gasteiger partial charge in [0.25, 0.3) is 0 Å². The molecule has 1 saturated heterocycles. The molecule has 5 nitrogen and oxygen atoms in total. The van der Waals surface area contributed by atoms with E-state index in [0.717, 1.165) is 24.2 Å². The largest absolute Gasteiger partial charge is 0.496 e. The highest BCUT2D eigenvalue weighted by Gasteiger charge is 2.21. The van der Waals surface area contributed by atoms with E-state index in [0.29, 0.717) is 17.9 Å². The van der Waals surface area contributed by atoms with Crippen LogP contribution in [-0.4, -0.2) is 25.5 Å². The summed E-state index contributed by atoms with van der Waals surface area (Å²) in [6.45, 7) is 0.726. The summed E-state index contributed by atoms with van der Waals surface area (Å²) in [5.41, 5.74) is 2.30. The average molecular weight is 336 g/mol. The SMILES string of the molecule is COc1ccccc1/C=C/C(=O)Nc1cccc(N2CCCC2=O)c1. The third kappa shape index (κ3) is 4.07. The Kier molecular flexibility index (Phi) is 5.14. The first-order chi connectivity index (χ1) is 12.2. The molecule has 0 spiro atoms. The first kappa shape index (κ1) is 16.8. The van der Waals surface area contributed by atoms with Crippen LogP contribution in [0.3, 0.4) is 0 Å². The summed E-state index contributed by atoms with van der Waals surface area (Å²) in [6, 6.07) is 14.8. The molecule has 0 atom stereocenters. The van der Waals surface area contributed by atoms with Crippen molar-refractivity contribution in [3.63, 3.8) is 0 Å². The number of hydrogen-bond acceptors (Lipinski definition) is 3. The Morgan fingerprint density at radius 1 is 1.20 bits per heavy atom. The predicted octanol–water partition coefficient (Wildman–Crippen LogP) is 3.47. The smallest absolute Gasteiger partial charge is 0.248 e. The van der Waals surface area contributed by atoms with Crippen LogP contribution in [-0.2, 0) is 9.59 Å². The van der Waals surface area contributed by atoms with Gasteiger partial charge >= 0.3 is 0 Å². The topological polar surface area (TPSA) is 58.6 Å². The van der Waals surface area contributed by atoms with Crippen LogP contribution in [0.1, 0.15) is 18.4 Å². The number of methoxy groups -OCH3 is 1. The first-order valence-corrected chi connectivity index (χ1v) is 8.20. The van der Waals surface area contributed by atoms with E-state index in [4.69, 9.17) is 4.74 Å². The molecule has 1 N–H and O–H groups in total. The van der Waals surface area contributed by atoms with Crippen molar-refractivity contribution in [2.75, 3.05) is 23.9 Å². The fourth-order valence-corrected chi connectivity index (χ4v) is 2.83. The van der Waals surface area contributed by atoms with Gasteiger partial charge in [0.15, 0.2) is 0 Å². The van der Waals surface area contributed by atoms with Gasteiger partial charge in [-0.1, -0.05) is 24.3 Å². The summed E-state index contributed by atoms with van der Waals surface area (Å²) < 4.78 is 5.26. The van der Waals surface area contributed by atoms with Crippen molar-refractivity contribution in [1.82, 2.24) is 0 Å². The van der Waals surface area contributed by atoms with Gasteiger partial charge in [-0.2, -0.15) is 0 Å². The minimum absolute atomic E-state index is 0.125. The molecule has 5 heteroatoms. The van der Waals surface area contributed by atoms with Gasteiger partial charge in [-0.3, -0.25) is 9.59 Å². The molecule has 0 saturated carbocycles. The van der Waals surface area contributed by atoms with E-state index in [9.17, 15) is 9.59 Å². The van der Waals surface area contributed by atoms with E-state index in [-0.39, 0.29) is 11.8 Å². The lowest BCUT2D eigenvalue weighted by Gasteiger charge is -2.16. The molecule has 1 aliphatic rings. The zero-order valence-corrected chi connectivity index (χ0v) is 14.1. The molecule has 1 heterocycles. The molecule has 25 heavy (non-hydrogen) atoms. The van der Waals surface area contributed by atoms with E-state index in [1.54, 1.807) is 24.2 Å². The molecule has 0 aromatic heterocycles. The van der Waals surface area contributed by atoms with Crippen molar-refractivity contribution in [2.45, 2.75) is 12.8 Å². The van der Waals surface area contributed by atoms with Crippen LogP contribution in [0, 0.1) is 0 Å². The monoisotopic (exact) mass is 336 g/mol. The van der Waals surface area contributed by atoms with E-state index in [1.165, 1.54) is 6.08 Å². The summed E-state index contributed by atoms with van der Waals surface area (Å²) >= 11 is 0. The lowest BCUT2D eigenvalue weighted by atomic mass is 10.2. The van der Waals surface area contributed by atoms with Crippen molar-refractivity contribution in [3.05, 3.63) is 60.2 Å². The summed E-state index contributed by atoms with van der Waals surface area (Å²) in [4.78, 5) is 25.8. The second kappa shape index (κ2) is 7.66. The van der Waals surface area contributed by atoms with E-state index in [2.05, 4.69) is 5.32 Å². The van der Waals surface area contributed by atoms with Gasteiger partial charge in [0.1, 0.15) is 5.75 Å². The molecule has 2 aromatic rings. The van der Waals surface area contributed by atoms with Crippen LogP contribution in [0.15, 0.2) is 54.6 Å². The predicted molar refractivity (Wildman–Crippen MR) is 98.7 cm³/mol. The molecule has 1 fully saturated rings. The van der Waals surface area contributed by atoms with E-state index in [1.807, 2.05) is 42.5 Å². The number of para-hydroxylation sites is 1. The Morgan fingerprint density at radius 2 is 2.04 bits per heavy atom. The van der Waals surface area contributed by atoms with E-state index >= 15 is 0 Å². The number of carbonyl (C=O) groups excluding carboxylic acids is 2. The standard InChI is InChI=1S/C20H20N2O3/c1-25-18-9-3-2-6-15(18)11-12-19(23)21-16-7-4-8-17(14-16)22-13-5-10-20(22)24/h2-4,6-9,11-12,14H,5,10,13H2,1H3,(H,21,23)/b12-11+. The van der Waals surface area contributed by atoms with Crippen molar-refractivity contribution < 1.29 is 14.3 Å². The van der Waals surface area contributed by atoms with Crippen LogP contribution in [0.2, 0.25) is 0 Å². The molecule has 3 rings (SSSR count). The number of carbonyl (C=O) groups is 2. The Morgan fingerprint density at radius 3 is 2.80 bits per heavy atom. The number of rotatable bonds is 5. The lowest BCUT2D eigenvalue weighted by molar-refractivity contribution is -0.117. The zero-order valence-electron chi connectivity index (χ0n) is 14.1. The van der Waals surface area contributed by atoms with Gasteiger partial charge in [0.2, 0.25) is 11.8 Å². The molecule has 0 unspecified atom stereocenters. The second-order valence-electron chi connectivity index (χ2n) is 5.76. The van der Waals surface area contributed by atoms with Gasteiger partial charge in [-0.15, -0.1) is 0 Å². The number of benzene rings is 2. The number of nitrogens with zero attached hydrogens (tertiary/aromatic N) is 1. The quantitative estimate of drug-likeness (QED) is 0.851. The zero-order chi connectivity index (χ0) is 17.6. The third-order valence-electron chi connectivity index (χ3n) is 4.05. The van der Waals surface area contributed by atoms with Crippen molar-refractivity contribution in [3.8, 4) is 5.75 Å². The number of ether oxygens (including phenoxy) is 1. The highest BCUT2D eigenvalue weighted by molar-refractivity contribution is 6.03. The normalized spacial score (nSPS) is 14.1. The Balaban J connectivity index is 1.69. The van der Waals surface area contributed by atoms with Gasteiger partial charge < -0.3 is 15.0 Å². The molecule has 2 amide bonds. The van der Waals surface area contributed by atoms with Crippen LogP contribution < -0.4 is 15.0 Å². The summed E-state index contributed by atoms with van der Waals surface area (Å²) in [5.74, 6) is 0.594. The molecule has 128 valence electrons. The Hall–Kier alpha value is -3.08. The molecule has 0 bridgehead atoms. The minimum atomic E-state index is -0.240. The van der Waals surface area contributed by atoms with Crippen molar-refractivity contribution >= 4 is 29.3 Å². The Bertz CT molecular complexity index is 814. The first-order valence-electron chi connectivity index (χ1n) is 8.20. The van der Waals surface area contributed by atoms with Gasteiger partial charge in [0.05, 0.1) is 7.11 Å². The maximum atomic E-state index is 12.2. The second-order valence-corrected chi connectivity index (χ2v) is 5.76. The van der Waals surface area contributed by atoms with Crippen LogP contribution in [0.4, 0.5) is 11.4 Å². The van der Waals surface area contributed by atoms with Crippen molar-refractivity contribution in [1.29, 1.82) is 0 Å².